The lowest BCUT2D eigenvalue weighted by atomic mass is 10.0. The third-order valence-electron chi connectivity index (χ3n) is 2.52. The zero-order chi connectivity index (χ0) is 14.6. The topological polar surface area (TPSA) is 55.8 Å². The molecule has 4 nitrogen and oxygen atoms in total. The Bertz CT molecular complexity index is 477. The summed E-state index contributed by atoms with van der Waals surface area (Å²) in [7, 11) is 2.62. The highest BCUT2D eigenvalue weighted by Crippen LogP contribution is 2.43. The van der Waals surface area contributed by atoms with E-state index in [1.165, 1.54) is 20.3 Å². The van der Waals surface area contributed by atoms with Crippen molar-refractivity contribution in [1.82, 2.24) is 0 Å². The molecule has 0 aliphatic heterocycles. The van der Waals surface area contributed by atoms with E-state index in [4.69, 9.17) is 14.6 Å². The predicted octanol–water partition coefficient (Wildman–Crippen LogP) is 3.42. The van der Waals surface area contributed by atoms with Crippen LogP contribution in [0.2, 0.25) is 0 Å². The van der Waals surface area contributed by atoms with Crippen molar-refractivity contribution in [1.29, 1.82) is 0 Å². The zero-order valence-corrected chi connectivity index (χ0v) is 12.0. The predicted molar refractivity (Wildman–Crippen MR) is 68.0 cm³/mol. The van der Waals surface area contributed by atoms with Crippen LogP contribution in [0.4, 0.5) is 8.78 Å². The SMILES string of the molecule is COc1cc(C(F)(F)CCC(=O)O)c(OC)cc1Br. The smallest absolute Gasteiger partial charge is 0.303 e. The van der Waals surface area contributed by atoms with Crippen LogP contribution >= 0.6 is 15.9 Å². The highest BCUT2D eigenvalue weighted by Gasteiger charge is 2.36. The number of carboxylic acid groups (broad SMARTS) is 1. The second-order valence-corrected chi connectivity index (χ2v) is 4.64. The third kappa shape index (κ3) is 3.79. The van der Waals surface area contributed by atoms with Gasteiger partial charge in [-0.15, -0.1) is 0 Å². The molecule has 0 saturated heterocycles. The summed E-state index contributed by atoms with van der Waals surface area (Å²) in [5.74, 6) is -4.38. The highest BCUT2D eigenvalue weighted by atomic mass is 79.9. The maximum absolute atomic E-state index is 14.0. The average molecular weight is 339 g/mol. The van der Waals surface area contributed by atoms with Gasteiger partial charge in [-0.05, 0) is 28.1 Å². The summed E-state index contributed by atoms with van der Waals surface area (Å²) >= 11 is 3.17. The van der Waals surface area contributed by atoms with Crippen LogP contribution in [0.15, 0.2) is 16.6 Å². The van der Waals surface area contributed by atoms with Crippen molar-refractivity contribution in [3.05, 3.63) is 22.2 Å². The minimum atomic E-state index is -3.31. The quantitative estimate of drug-likeness (QED) is 0.863. The Morgan fingerprint density at radius 1 is 1.32 bits per heavy atom. The van der Waals surface area contributed by atoms with Gasteiger partial charge in [0.05, 0.1) is 30.7 Å². The largest absolute Gasteiger partial charge is 0.496 e. The first kappa shape index (κ1) is 15.7. The molecule has 106 valence electrons. The van der Waals surface area contributed by atoms with E-state index < -0.39 is 30.3 Å². The molecule has 0 aromatic heterocycles. The first-order valence-electron chi connectivity index (χ1n) is 5.33. The van der Waals surface area contributed by atoms with Crippen molar-refractivity contribution in [3.63, 3.8) is 0 Å². The van der Waals surface area contributed by atoms with Crippen molar-refractivity contribution < 1.29 is 28.2 Å². The van der Waals surface area contributed by atoms with E-state index in [9.17, 15) is 13.6 Å². The van der Waals surface area contributed by atoms with Gasteiger partial charge in [0, 0.05) is 6.42 Å². The summed E-state index contributed by atoms with van der Waals surface area (Å²) in [6, 6.07) is 2.51. The Kier molecular flexibility index (Phi) is 5.11. The molecule has 0 spiro atoms. The molecule has 1 aromatic carbocycles. The van der Waals surface area contributed by atoms with Crippen LogP contribution in [0, 0.1) is 0 Å². The van der Waals surface area contributed by atoms with Gasteiger partial charge in [-0.25, -0.2) is 8.78 Å². The Morgan fingerprint density at radius 3 is 2.37 bits per heavy atom. The molecule has 0 atom stereocenters. The fourth-order valence-electron chi connectivity index (χ4n) is 1.54. The van der Waals surface area contributed by atoms with Crippen LogP contribution in [0.1, 0.15) is 18.4 Å². The molecule has 1 rings (SSSR count). The van der Waals surface area contributed by atoms with Gasteiger partial charge >= 0.3 is 5.97 Å². The number of hydrogen-bond donors (Lipinski definition) is 1. The third-order valence-corrected chi connectivity index (χ3v) is 3.14. The molecule has 7 heteroatoms. The number of methoxy groups -OCH3 is 2. The Balaban J connectivity index is 3.19. The van der Waals surface area contributed by atoms with Crippen molar-refractivity contribution >= 4 is 21.9 Å². The molecule has 0 heterocycles. The van der Waals surface area contributed by atoms with Crippen molar-refractivity contribution in [2.75, 3.05) is 14.2 Å². The summed E-state index contributed by atoms with van der Waals surface area (Å²) in [4.78, 5) is 10.4. The van der Waals surface area contributed by atoms with E-state index in [-0.39, 0.29) is 11.5 Å². The lowest BCUT2D eigenvalue weighted by Crippen LogP contribution is -2.17. The maximum atomic E-state index is 14.0. The van der Waals surface area contributed by atoms with Crippen LogP contribution < -0.4 is 9.47 Å². The monoisotopic (exact) mass is 338 g/mol. The highest BCUT2D eigenvalue weighted by molar-refractivity contribution is 9.10. The van der Waals surface area contributed by atoms with Crippen LogP contribution in [-0.4, -0.2) is 25.3 Å². The number of ether oxygens (including phenoxy) is 2. The van der Waals surface area contributed by atoms with E-state index in [1.54, 1.807) is 0 Å². The van der Waals surface area contributed by atoms with Crippen molar-refractivity contribution in [2.24, 2.45) is 0 Å². The molecule has 0 amide bonds. The Hall–Kier alpha value is -1.37. The van der Waals surface area contributed by atoms with Crippen molar-refractivity contribution in [2.45, 2.75) is 18.8 Å². The zero-order valence-electron chi connectivity index (χ0n) is 10.4. The summed E-state index contributed by atoms with van der Waals surface area (Å²) in [5, 5.41) is 8.50. The van der Waals surface area contributed by atoms with Crippen LogP contribution in [0.3, 0.4) is 0 Å². The first-order valence-corrected chi connectivity index (χ1v) is 6.12. The molecule has 0 aliphatic rings. The summed E-state index contributed by atoms with van der Waals surface area (Å²) in [6.45, 7) is 0. The van der Waals surface area contributed by atoms with E-state index in [0.717, 1.165) is 6.07 Å². The summed E-state index contributed by atoms with van der Waals surface area (Å²) < 4.78 is 38.3. The Morgan fingerprint density at radius 2 is 1.89 bits per heavy atom. The van der Waals surface area contributed by atoms with Crippen LogP contribution in [0.5, 0.6) is 11.5 Å². The number of halogens is 3. The van der Waals surface area contributed by atoms with Crippen molar-refractivity contribution in [3.8, 4) is 11.5 Å². The van der Waals surface area contributed by atoms with Gasteiger partial charge in [-0.2, -0.15) is 0 Å². The van der Waals surface area contributed by atoms with E-state index in [1.807, 2.05) is 0 Å². The number of hydrogen-bond acceptors (Lipinski definition) is 3. The van der Waals surface area contributed by atoms with Gasteiger partial charge in [0.15, 0.2) is 0 Å². The fourth-order valence-corrected chi connectivity index (χ4v) is 2.03. The number of alkyl halides is 2. The van der Waals surface area contributed by atoms with Gasteiger partial charge in [0.1, 0.15) is 11.5 Å². The second-order valence-electron chi connectivity index (χ2n) is 3.79. The molecular weight excluding hydrogens is 326 g/mol. The molecule has 0 saturated carbocycles. The fraction of sp³-hybridized carbons (Fsp3) is 0.417. The maximum Gasteiger partial charge on any atom is 0.303 e. The van der Waals surface area contributed by atoms with Gasteiger partial charge in [-0.3, -0.25) is 4.79 Å². The van der Waals surface area contributed by atoms with Gasteiger partial charge < -0.3 is 14.6 Å². The van der Waals surface area contributed by atoms with Crippen LogP contribution in [-0.2, 0) is 10.7 Å². The van der Waals surface area contributed by atoms with Gasteiger partial charge in [0.25, 0.3) is 5.92 Å². The molecule has 1 N–H and O–H groups in total. The van der Waals surface area contributed by atoms with Gasteiger partial charge in [-0.1, -0.05) is 0 Å². The lowest BCUT2D eigenvalue weighted by molar-refractivity contribution is -0.139. The normalized spacial score (nSPS) is 11.2. The molecule has 1 aromatic rings. The van der Waals surface area contributed by atoms with Crippen LogP contribution in [0.25, 0.3) is 0 Å². The number of aliphatic carboxylic acids is 1. The molecule has 0 unspecified atom stereocenters. The molecule has 0 fully saturated rings. The number of rotatable bonds is 6. The summed E-state index contributed by atoms with van der Waals surface area (Å²) in [6.07, 6.45) is -1.43. The minimum Gasteiger partial charge on any atom is -0.496 e. The molecule has 0 bridgehead atoms. The van der Waals surface area contributed by atoms with Gasteiger partial charge in [0.2, 0.25) is 0 Å². The average Bonchev–Trinajstić information content (AvgIpc) is 2.35. The molecular formula is C12H13BrF2O4. The number of carbonyl (C=O) groups is 1. The summed E-state index contributed by atoms with van der Waals surface area (Å²) in [5.41, 5.74) is -0.392. The minimum absolute atomic E-state index is 0.0249. The molecule has 19 heavy (non-hydrogen) atoms. The van der Waals surface area contributed by atoms with E-state index in [0.29, 0.717) is 4.47 Å². The Labute approximate surface area is 117 Å². The number of benzene rings is 1. The first-order chi connectivity index (χ1) is 8.81. The molecule has 0 radical (unpaired) electrons. The van der Waals surface area contributed by atoms with E-state index in [2.05, 4.69) is 15.9 Å². The lowest BCUT2D eigenvalue weighted by Gasteiger charge is -2.20. The molecule has 0 aliphatic carbocycles. The second kappa shape index (κ2) is 6.18. The standard InChI is InChI=1S/C12H13BrF2O4/c1-18-9-6-8(13)10(19-2)5-7(9)12(14,15)4-3-11(16)17/h5-6H,3-4H2,1-2H3,(H,16,17). The van der Waals surface area contributed by atoms with E-state index >= 15 is 0 Å². The number of carboxylic acids is 1.